The van der Waals surface area contributed by atoms with E-state index in [1.807, 2.05) is 31.2 Å². The number of ether oxygens (including phenoxy) is 2. The van der Waals surface area contributed by atoms with Crippen LogP contribution in [0.5, 0.6) is 11.5 Å². The molecule has 0 amide bonds. The molecule has 0 spiro atoms. The van der Waals surface area contributed by atoms with E-state index in [9.17, 15) is 0 Å². The van der Waals surface area contributed by atoms with Gasteiger partial charge >= 0.3 is 0 Å². The lowest BCUT2D eigenvalue weighted by molar-refractivity contribution is 0.311. The number of methoxy groups -OCH3 is 1. The second-order valence-corrected chi connectivity index (χ2v) is 5.01. The number of nitrogens with zero attached hydrogens (tertiary/aromatic N) is 1. The van der Waals surface area contributed by atoms with E-state index in [0.717, 1.165) is 17.0 Å². The number of rotatable bonds is 6. The lowest BCUT2D eigenvalue weighted by atomic mass is 10.1. The van der Waals surface area contributed by atoms with Crippen molar-refractivity contribution in [3.8, 4) is 11.5 Å². The van der Waals surface area contributed by atoms with Crippen LogP contribution in [0.4, 0.5) is 5.69 Å². The van der Waals surface area contributed by atoms with Crippen LogP contribution in [0.15, 0.2) is 41.5 Å². The van der Waals surface area contributed by atoms with Gasteiger partial charge in [-0.2, -0.15) is 5.10 Å². The second kappa shape index (κ2) is 7.50. The minimum atomic E-state index is 0.609. The summed E-state index contributed by atoms with van der Waals surface area (Å²) in [5.74, 6) is 1.45. The number of hydrogen-bond acceptors (Lipinski definition) is 4. The molecule has 0 saturated heterocycles. The van der Waals surface area contributed by atoms with Gasteiger partial charge in [0.05, 0.1) is 25.6 Å². The zero-order valence-electron chi connectivity index (χ0n) is 13.5. The smallest absolute Gasteiger partial charge is 0.161 e. The van der Waals surface area contributed by atoms with Gasteiger partial charge in [0.1, 0.15) is 0 Å². The number of benzene rings is 2. The first-order valence-electron chi connectivity index (χ1n) is 7.31. The van der Waals surface area contributed by atoms with Crippen LogP contribution in [0, 0.1) is 13.8 Å². The van der Waals surface area contributed by atoms with Gasteiger partial charge in [-0.1, -0.05) is 6.07 Å². The van der Waals surface area contributed by atoms with Crippen LogP contribution in [-0.2, 0) is 0 Å². The molecule has 2 aromatic carbocycles. The molecule has 1 N–H and O–H groups in total. The molecule has 4 heteroatoms. The number of hydrazone groups is 1. The van der Waals surface area contributed by atoms with Crippen molar-refractivity contribution in [2.45, 2.75) is 20.8 Å². The highest BCUT2D eigenvalue weighted by molar-refractivity contribution is 5.81. The van der Waals surface area contributed by atoms with Gasteiger partial charge in [-0.15, -0.1) is 0 Å². The van der Waals surface area contributed by atoms with Crippen molar-refractivity contribution in [2.75, 3.05) is 19.1 Å². The van der Waals surface area contributed by atoms with Crippen LogP contribution in [0.2, 0.25) is 0 Å². The predicted molar refractivity (Wildman–Crippen MR) is 91.3 cm³/mol. The summed E-state index contributed by atoms with van der Waals surface area (Å²) in [5, 5.41) is 4.26. The summed E-state index contributed by atoms with van der Waals surface area (Å²) in [6, 6.07) is 11.9. The Balaban J connectivity index is 2.07. The van der Waals surface area contributed by atoms with Crippen molar-refractivity contribution >= 4 is 11.9 Å². The fraction of sp³-hybridized carbons (Fsp3) is 0.278. The molecule has 0 aliphatic heterocycles. The normalized spacial score (nSPS) is 10.7. The largest absolute Gasteiger partial charge is 0.493 e. The summed E-state index contributed by atoms with van der Waals surface area (Å²) in [6.45, 7) is 6.73. The first-order chi connectivity index (χ1) is 10.6. The molecule has 116 valence electrons. The van der Waals surface area contributed by atoms with Gasteiger partial charge in [-0.25, -0.2) is 0 Å². The summed E-state index contributed by atoms with van der Waals surface area (Å²) in [6.07, 6.45) is 1.76. The van der Waals surface area contributed by atoms with Gasteiger partial charge < -0.3 is 9.47 Å². The molecule has 0 unspecified atom stereocenters. The third kappa shape index (κ3) is 4.01. The topological polar surface area (TPSA) is 42.8 Å². The van der Waals surface area contributed by atoms with Gasteiger partial charge in [0, 0.05) is 0 Å². The SMILES string of the molecule is CCOc1ccc(/C=N/Nc2ccc(C)c(C)c2)cc1OC. The summed E-state index contributed by atoms with van der Waals surface area (Å²) >= 11 is 0. The molecular weight excluding hydrogens is 276 g/mol. The highest BCUT2D eigenvalue weighted by Gasteiger charge is 2.03. The fourth-order valence-corrected chi connectivity index (χ4v) is 2.03. The van der Waals surface area contributed by atoms with Crippen LogP contribution >= 0.6 is 0 Å². The van der Waals surface area contributed by atoms with Gasteiger partial charge in [-0.05, 0) is 67.8 Å². The maximum absolute atomic E-state index is 5.50. The zero-order chi connectivity index (χ0) is 15.9. The van der Waals surface area contributed by atoms with Gasteiger partial charge in [0.25, 0.3) is 0 Å². The summed E-state index contributed by atoms with van der Waals surface area (Å²) in [5.41, 5.74) is 7.45. The van der Waals surface area contributed by atoms with Crippen LogP contribution in [-0.4, -0.2) is 19.9 Å². The van der Waals surface area contributed by atoms with E-state index in [1.54, 1.807) is 13.3 Å². The Morgan fingerprint density at radius 2 is 1.86 bits per heavy atom. The van der Waals surface area contributed by atoms with Crippen molar-refractivity contribution in [3.05, 3.63) is 53.1 Å². The first kappa shape index (κ1) is 15.9. The van der Waals surface area contributed by atoms with E-state index in [4.69, 9.17) is 9.47 Å². The Morgan fingerprint density at radius 1 is 1.05 bits per heavy atom. The van der Waals surface area contributed by atoms with Crippen LogP contribution < -0.4 is 14.9 Å². The molecule has 0 aromatic heterocycles. The molecule has 2 aromatic rings. The maximum Gasteiger partial charge on any atom is 0.161 e. The third-order valence-electron chi connectivity index (χ3n) is 3.40. The van der Waals surface area contributed by atoms with Crippen molar-refractivity contribution in [3.63, 3.8) is 0 Å². The van der Waals surface area contributed by atoms with Crippen molar-refractivity contribution in [1.29, 1.82) is 0 Å². The second-order valence-electron chi connectivity index (χ2n) is 5.01. The number of anilines is 1. The quantitative estimate of drug-likeness (QED) is 0.643. The van der Waals surface area contributed by atoms with E-state index >= 15 is 0 Å². The molecule has 0 bridgehead atoms. The number of aryl methyl sites for hydroxylation is 2. The molecule has 2 rings (SSSR count). The molecule has 4 nitrogen and oxygen atoms in total. The van der Waals surface area contributed by atoms with E-state index in [2.05, 4.69) is 36.5 Å². The number of hydrogen-bond donors (Lipinski definition) is 1. The molecular formula is C18H22N2O2. The van der Waals surface area contributed by atoms with Crippen molar-refractivity contribution in [1.82, 2.24) is 0 Å². The van der Waals surface area contributed by atoms with E-state index in [-0.39, 0.29) is 0 Å². The molecule has 0 aliphatic rings. The highest BCUT2D eigenvalue weighted by Crippen LogP contribution is 2.27. The maximum atomic E-state index is 5.50. The minimum Gasteiger partial charge on any atom is -0.493 e. The van der Waals surface area contributed by atoms with Crippen molar-refractivity contribution in [2.24, 2.45) is 5.10 Å². The molecule has 22 heavy (non-hydrogen) atoms. The van der Waals surface area contributed by atoms with Crippen LogP contribution in [0.3, 0.4) is 0 Å². The summed E-state index contributed by atoms with van der Waals surface area (Å²) < 4.78 is 10.8. The Labute approximate surface area is 131 Å². The monoisotopic (exact) mass is 298 g/mol. The third-order valence-corrected chi connectivity index (χ3v) is 3.40. The minimum absolute atomic E-state index is 0.609. The Morgan fingerprint density at radius 3 is 2.55 bits per heavy atom. The molecule has 0 fully saturated rings. The summed E-state index contributed by atoms with van der Waals surface area (Å²) in [7, 11) is 1.63. The fourth-order valence-electron chi connectivity index (χ4n) is 2.03. The molecule has 0 heterocycles. The molecule has 0 saturated carbocycles. The average molecular weight is 298 g/mol. The average Bonchev–Trinajstić information content (AvgIpc) is 2.52. The predicted octanol–water partition coefficient (Wildman–Crippen LogP) is 4.16. The van der Waals surface area contributed by atoms with E-state index in [0.29, 0.717) is 12.4 Å². The van der Waals surface area contributed by atoms with Gasteiger partial charge in [0.15, 0.2) is 11.5 Å². The first-order valence-corrected chi connectivity index (χ1v) is 7.31. The number of nitrogens with one attached hydrogen (secondary N) is 1. The van der Waals surface area contributed by atoms with Crippen molar-refractivity contribution < 1.29 is 9.47 Å². The standard InChI is InChI=1S/C18H22N2O2/c1-5-22-17-9-7-15(11-18(17)21-4)12-19-20-16-8-6-13(2)14(3)10-16/h6-12,20H,5H2,1-4H3/b19-12+. The van der Waals surface area contributed by atoms with E-state index < -0.39 is 0 Å². The van der Waals surface area contributed by atoms with E-state index in [1.165, 1.54) is 11.1 Å². The van der Waals surface area contributed by atoms with Gasteiger partial charge in [0.2, 0.25) is 0 Å². The van der Waals surface area contributed by atoms with Crippen LogP contribution in [0.25, 0.3) is 0 Å². The molecule has 0 radical (unpaired) electrons. The summed E-state index contributed by atoms with van der Waals surface area (Å²) in [4.78, 5) is 0. The Hall–Kier alpha value is -2.49. The molecule has 0 atom stereocenters. The lowest BCUT2D eigenvalue weighted by Gasteiger charge is -2.09. The Bertz CT molecular complexity index is 666. The van der Waals surface area contributed by atoms with Gasteiger partial charge in [-0.3, -0.25) is 5.43 Å². The van der Waals surface area contributed by atoms with Crippen LogP contribution in [0.1, 0.15) is 23.6 Å². The zero-order valence-corrected chi connectivity index (χ0v) is 13.5. The highest BCUT2D eigenvalue weighted by atomic mass is 16.5. The molecule has 0 aliphatic carbocycles. The lowest BCUT2D eigenvalue weighted by Crippen LogP contribution is -1.97. The Kier molecular flexibility index (Phi) is 5.42.